The Hall–Kier alpha value is -1.74. The first-order valence-corrected chi connectivity index (χ1v) is 12.7. The van der Waals surface area contributed by atoms with E-state index in [4.69, 9.17) is 0 Å². The van der Waals surface area contributed by atoms with Crippen LogP contribution in [0.25, 0.3) is 0 Å². The lowest BCUT2D eigenvalue weighted by atomic mass is 9.92. The normalized spacial score (nSPS) is 25.9. The molecule has 1 N–H and O–H groups in total. The molecule has 0 aliphatic carbocycles. The summed E-state index contributed by atoms with van der Waals surface area (Å²) in [6.45, 7) is 11.3. The van der Waals surface area contributed by atoms with Crippen LogP contribution in [0.15, 0.2) is 0 Å². The van der Waals surface area contributed by atoms with Gasteiger partial charge in [-0.15, -0.1) is 10.2 Å². The van der Waals surface area contributed by atoms with E-state index in [1.807, 2.05) is 0 Å². The topological polar surface area (TPSA) is 81.7 Å². The molecule has 1 aromatic heterocycles. The predicted molar refractivity (Wildman–Crippen MR) is 123 cm³/mol. The molecule has 4 heterocycles. The van der Waals surface area contributed by atoms with Gasteiger partial charge in [-0.2, -0.15) is 0 Å². The van der Waals surface area contributed by atoms with Crippen molar-refractivity contribution in [1.82, 2.24) is 20.4 Å². The van der Waals surface area contributed by atoms with Gasteiger partial charge in [-0.05, 0) is 50.5 Å². The number of carbonyl (C=O) groups excluding carboxylic acids is 2. The van der Waals surface area contributed by atoms with Crippen molar-refractivity contribution >= 4 is 33.4 Å². The number of piperidine rings is 2. The van der Waals surface area contributed by atoms with E-state index in [0.29, 0.717) is 11.6 Å². The highest BCUT2D eigenvalue weighted by atomic mass is 32.1. The van der Waals surface area contributed by atoms with Crippen LogP contribution in [-0.4, -0.2) is 72.7 Å². The number of nitrogens with one attached hydrogen (secondary N) is 1. The van der Waals surface area contributed by atoms with E-state index in [-0.39, 0.29) is 17.7 Å². The van der Waals surface area contributed by atoms with Crippen molar-refractivity contribution in [2.45, 2.75) is 52.4 Å². The van der Waals surface area contributed by atoms with Crippen LogP contribution in [0.5, 0.6) is 0 Å². The molecule has 2 atom stereocenters. The summed E-state index contributed by atoms with van der Waals surface area (Å²) in [6.07, 6.45) is 5.53. The number of anilines is 2. The maximum atomic E-state index is 12.6. The van der Waals surface area contributed by atoms with Crippen LogP contribution in [-0.2, 0) is 9.59 Å². The van der Waals surface area contributed by atoms with E-state index < -0.39 is 0 Å². The Morgan fingerprint density at radius 3 is 2.48 bits per heavy atom. The average molecular weight is 449 g/mol. The van der Waals surface area contributed by atoms with Crippen molar-refractivity contribution in [2.75, 3.05) is 55.6 Å². The van der Waals surface area contributed by atoms with E-state index in [0.717, 1.165) is 75.4 Å². The summed E-state index contributed by atoms with van der Waals surface area (Å²) in [5.74, 6) is 1.98. The Morgan fingerprint density at radius 2 is 1.81 bits per heavy atom. The summed E-state index contributed by atoms with van der Waals surface area (Å²) >= 11 is 1.48. The summed E-state index contributed by atoms with van der Waals surface area (Å²) in [5.41, 5.74) is 0. The molecule has 2 amide bonds. The SMILES string of the molecule is CC1CC(C)CN(CCCNC(=O)C2CCN(c3nnc(N4CCCC4=O)s3)CC2)C1. The molecule has 0 radical (unpaired) electrons. The van der Waals surface area contributed by atoms with E-state index in [9.17, 15) is 9.59 Å². The quantitative estimate of drug-likeness (QED) is 0.645. The van der Waals surface area contributed by atoms with Gasteiger partial charge >= 0.3 is 0 Å². The van der Waals surface area contributed by atoms with Crippen molar-refractivity contribution in [3.05, 3.63) is 0 Å². The number of hydrogen-bond donors (Lipinski definition) is 1. The smallest absolute Gasteiger partial charge is 0.228 e. The van der Waals surface area contributed by atoms with Crippen LogP contribution in [0.4, 0.5) is 10.3 Å². The Balaban J connectivity index is 1.16. The van der Waals surface area contributed by atoms with Gasteiger partial charge in [-0.1, -0.05) is 25.2 Å². The van der Waals surface area contributed by atoms with Gasteiger partial charge in [0.2, 0.25) is 22.1 Å². The molecule has 9 heteroatoms. The largest absolute Gasteiger partial charge is 0.356 e. The summed E-state index contributed by atoms with van der Waals surface area (Å²) < 4.78 is 0. The van der Waals surface area contributed by atoms with Crippen molar-refractivity contribution in [3.63, 3.8) is 0 Å². The molecular formula is C22H36N6O2S. The molecule has 0 saturated carbocycles. The first kappa shape index (κ1) is 22.5. The molecule has 3 aliphatic heterocycles. The van der Waals surface area contributed by atoms with Crippen LogP contribution in [0, 0.1) is 17.8 Å². The van der Waals surface area contributed by atoms with Gasteiger partial charge in [-0.25, -0.2) is 0 Å². The number of carbonyl (C=O) groups is 2. The number of aromatic nitrogens is 2. The minimum absolute atomic E-state index is 0.0823. The van der Waals surface area contributed by atoms with Crippen LogP contribution in [0.3, 0.4) is 0 Å². The van der Waals surface area contributed by atoms with Crippen molar-refractivity contribution in [2.24, 2.45) is 17.8 Å². The molecule has 3 fully saturated rings. The Kier molecular flexibility index (Phi) is 7.43. The van der Waals surface area contributed by atoms with Crippen molar-refractivity contribution in [1.29, 1.82) is 0 Å². The van der Waals surface area contributed by atoms with E-state index >= 15 is 0 Å². The zero-order valence-electron chi connectivity index (χ0n) is 18.9. The third-order valence-electron chi connectivity index (χ3n) is 6.74. The standard InChI is InChI=1S/C22H36N6O2S/c1-16-13-17(2)15-26(14-16)9-4-8-23-20(30)18-6-11-27(12-7-18)21-24-25-22(31-21)28-10-3-5-19(28)29/h16-18H,3-15H2,1-2H3,(H,23,30). The Morgan fingerprint density at radius 1 is 1.10 bits per heavy atom. The average Bonchev–Trinajstić information content (AvgIpc) is 3.39. The molecule has 172 valence electrons. The zero-order valence-corrected chi connectivity index (χ0v) is 19.7. The van der Waals surface area contributed by atoms with Crippen LogP contribution in [0.1, 0.15) is 52.4 Å². The van der Waals surface area contributed by atoms with Crippen LogP contribution in [0.2, 0.25) is 0 Å². The summed E-state index contributed by atoms with van der Waals surface area (Å²) in [4.78, 5) is 31.0. The van der Waals surface area contributed by atoms with Gasteiger partial charge in [0, 0.05) is 51.6 Å². The fraction of sp³-hybridized carbons (Fsp3) is 0.818. The van der Waals surface area contributed by atoms with Gasteiger partial charge in [0.05, 0.1) is 0 Å². The summed E-state index contributed by atoms with van der Waals surface area (Å²) in [6, 6.07) is 0. The molecule has 2 unspecified atom stereocenters. The molecule has 8 nitrogen and oxygen atoms in total. The van der Waals surface area contributed by atoms with Gasteiger partial charge in [0.25, 0.3) is 0 Å². The predicted octanol–water partition coefficient (Wildman–Crippen LogP) is 2.37. The van der Waals surface area contributed by atoms with Crippen molar-refractivity contribution in [3.8, 4) is 0 Å². The van der Waals surface area contributed by atoms with E-state index in [1.165, 1.54) is 30.8 Å². The maximum absolute atomic E-state index is 12.6. The maximum Gasteiger partial charge on any atom is 0.228 e. The molecule has 4 rings (SSSR count). The molecule has 0 aromatic carbocycles. The Bertz CT molecular complexity index is 753. The first-order chi connectivity index (χ1) is 15.0. The molecule has 31 heavy (non-hydrogen) atoms. The van der Waals surface area contributed by atoms with Gasteiger partial charge < -0.3 is 15.1 Å². The molecule has 3 aliphatic rings. The van der Waals surface area contributed by atoms with Gasteiger partial charge in [-0.3, -0.25) is 14.5 Å². The minimum atomic E-state index is 0.0823. The summed E-state index contributed by atoms with van der Waals surface area (Å²) in [7, 11) is 0. The third kappa shape index (κ3) is 5.74. The monoisotopic (exact) mass is 448 g/mol. The van der Waals surface area contributed by atoms with Crippen molar-refractivity contribution < 1.29 is 9.59 Å². The number of likely N-dealkylation sites (tertiary alicyclic amines) is 1. The number of hydrogen-bond acceptors (Lipinski definition) is 7. The second-order valence-corrected chi connectivity index (χ2v) is 10.6. The highest BCUT2D eigenvalue weighted by Gasteiger charge is 2.29. The molecule has 0 spiro atoms. The third-order valence-corrected chi connectivity index (χ3v) is 7.75. The number of amides is 2. The fourth-order valence-electron chi connectivity index (χ4n) is 5.26. The van der Waals surface area contributed by atoms with Gasteiger partial charge in [0.15, 0.2) is 0 Å². The lowest BCUT2D eigenvalue weighted by Crippen LogP contribution is -2.42. The van der Waals surface area contributed by atoms with E-state index in [2.05, 4.69) is 39.2 Å². The van der Waals surface area contributed by atoms with Crippen LogP contribution >= 0.6 is 11.3 Å². The lowest BCUT2D eigenvalue weighted by Gasteiger charge is -2.35. The second-order valence-electron chi connectivity index (χ2n) is 9.63. The zero-order chi connectivity index (χ0) is 21.8. The second kappa shape index (κ2) is 10.3. The highest BCUT2D eigenvalue weighted by molar-refractivity contribution is 7.19. The van der Waals surface area contributed by atoms with Crippen LogP contribution < -0.4 is 15.1 Å². The number of rotatable bonds is 7. The molecule has 1 aromatic rings. The molecule has 0 bridgehead atoms. The Labute approximate surface area is 189 Å². The first-order valence-electron chi connectivity index (χ1n) is 11.9. The lowest BCUT2D eigenvalue weighted by molar-refractivity contribution is -0.125. The summed E-state index contributed by atoms with van der Waals surface area (Å²) in [5, 5.41) is 13.2. The fourth-order valence-corrected chi connectivity index (χ4v) is 6.20. The molecule has 3 saturated heterocycles. The van der Waals surface area contributed by atoms with E-state index in [1.54, 1.807) is 4.90 Å². The molecular weight excluding hydrogens is 412 g/mol. The minimum Gasteiger partial charge on any atom is -0.356 e. The van der Waals surface area contributed by atoms with Gasteiger partial charge in [0.1, 0.15) is 0 Å². The number of nitrogens with zero attached hydrogens (tertiary/aromatic N) is 5. The highest BCUT2D eigenvalue weighted by Crippen LogP contribution is 2.32.